The van der Waals surface area contributed by atoms with E-state index in [2.05, 4.69) is 16.7 Å². The molecule has 0 aromatic heterocycles. The Kier molecular flexibility index (Phi) is 5.56. The number of anilines is 1. The second kappa shape index (κ2) is 8.04. The summed E-state index contributed by atoms with van der Waals surface area (Å²) in [6.07, 6.45) is 1.70. The first kappa shape index (κ1) is 18.0. The van der Waals surface area contributed by atoms with Crippen LogP contribution < -0.4 is 15.4 Å². The Hall–Kier alpha value is -2.82. The summed E-state index contributed by atoms with van der Waals surface area (Å²) in [5.41, 5.74) is 3.93. The van der Waals surface area contributed by atoms with Crippen molar-refractivity contribution in [1.82, 2.24) is 5.32 Å². The lowest BCUT2D eigenvalue weighted by Crippen LogP contribution is -2.28. The van der Waals surface area contributed by atoms with Crippen LogP contribution in [0.5, 0.6) is 5.75 Å². The van der Waals surface area contributed by atoms with Gasteiger partial charge in [-0.05, 0) is 41.8 Å². The fraction of sp³-hybridized carbons (Fsp3) is 0.333. The van der Waals surface area contributed by atoms with Gasteiger partial charge in [0.05, 0.1) is 19.1 Å². The molecule has 2 N–H and O–H groups in total. The molecule has 1 heterocycles. The lowest BCUT2D eigenvalue weighted by Gasteiger charge is -2.15. The second-order valence-electron chi connectivity index (χ2n) is 6.53. The number of carbonyl (C=O) groups excluding carboxylic acids is 2. The van der Waals surface area contributed by atoms with Crippen molar-refractivity contribution >= 4 is 17.5 Å². The molecular weight excluding hydrogens is 328 g/mol. The van der Waals surface area contributed by atoms with Crippen LogP contribution in [0.4, 0.5) is 5.69 Å². The Labute approximate surface area is 153 Å². The summed E-state index contributed by atoms with van der Waals surface area (Å²) < 4.78 is 5.49. The lowest BCUT2D eigenvalue weighted by molar-refractivity contribution is -0.121. The van der Waals surface area contributed by atoms with Crippen LogP contribution in [0.15, 0.2) is 42.5 Å². The van der Waals surface area contributed by atoms with E-state index in [1.807, 2.05) is 50.2 Å². The van der Waals surface area contributed by atoms with Crippen molar-refractivity contribution in [3.8, 4) is 5.75 Å². The molecule has 0 saturated heterocycles. The average molecular weight is 352 g/mol. The number of nitrogens with one attached hydrogen (secondary N) is 2. The molecule has 0 spiro atoms. The van der Waals surface area contributed by atoms with Gasteiger partial charge in [-0.1, -0.05) is 31.2 Å². The van der Waals surface area contributed by atoms with Gasteiger partial charge in [-0.2, -0.15) is 0 Å². The molecule has 0 bridgehead atoms. The Bertz CT molecular complexity index is 799. The summed E-state index contributed by atoms with van der Waals surface area (Å²) in [5.74, 6) is 0.899. The van der Waals surface area contributed by atoms with Gasteiger partial charge in [-0.15, -0.1) is 0 Å². The number of hydrogen-bond donors (Lipinski definition) is 2. The number of carbonyl (C=O) groups is 2. The predicted molar refractivity (Wildman–Crippen MR) is 101 cm³/mol. The summed E-state index contributed by atoms with van der Waals surface area (Å²) >= 11 is 0. The summed E-state index contributed by atoms with van der Waals surface area (Å²) in [4.78, 5) is 23.8. The van der Waals surface area contributed by atoms with Gasteiger partial charge >= 0.3 is 0 Å². The van der Waals surface area contributed by atoms with Crippen molar-refractivity contribution in [2.45, 2.75) is 39.2 Å². The topological polar surface area (TPSA) is 67.4 Å². The van der Waals surface area contributed by atoms with E-state index in [0.717, 1.165) is 35.6 Å². The van der Waals surface area contributed by atoms with Crippen LogP contribution >= 0.6 is 0 Å². The minimum atomic E-state index is -0.101. The minimum Gasteiger partial charge on any atom is -0.493 e. The van der Waals surface area contributed by atoms with E-state index in [9.17, 15) is 9.59 Å². The van der Waals surface area contributed by atoms with E-state index in [-0.39, 0.29) is 17.9 Å². The maximum absolute atomic E-state index is 12.3. The van der Waals surface area contributed by atoms with Crippen molar-refractivity contribution in [2.24, 2.45) is 0 Å². The number of benzene rings is 2. The van der Waals surface area contributed by atoms with E-state index in [1.165, 1.54) is 5.56 Å². The van der Waals surface area contributed by atoms with E-state index in [0.29, 0.717) is 12.8 Å². The van der Waals surface area contributed by atoms with E-state index < -0.39 is 0 Å². The standard InChI is InChI=1S/C21H24N2O3/c1-3-20(24)23-18-7-5-16(6-8-18)14(2)22-21(25)13-15-4-9-19-17(12-15)10-11-26-19/h4-9,12,14H,3,10-11,13H2,1-2H3,(H,22,25)(H,23,24). The highest BCUT2D eigenvalue weighted by Crippen LogP contribution is 2.26. The second-order valence-corrected chi connectivity index (χ2v) is 6.53. The van der Waals surface area contributed by atoms with Crippen molar-refractivity contribution in [3.63, 3.8) is 0 Å². The molecule has 136 valence electrons. The zero-order chi connectivity index (χ0) is 18.5. The van der Waals surface area contributed by atoms with E-state index in [4.69, 9.17) is 4.74 Å². The van der Waals surface area contributed by atoms with Crippen LogP contribution in [0.2, 0.25) is 0 Å². The van der Waals surface area contributed by atoms with Gasteiger partial charge in [0.1, 0.15) is 5.75 Å². The number of fused-ring (bicyclic) bond motifs is 1. The Balaban J connectivity index is 1.56. The van der Waals surface area contributed by atoms with Crippen LogP contribution in [-0.2, 0) is 22.4 Å². The highest BCUT2D eigenvalue weighted by Gasteiger charge is 2.15. The van der Waals surface area contributed by atoms with Crippen molar-refractivity contribution < 1.29 is 14.3 Å². The van der Waals surface area contributed by atoms with Crippen LogP contribution in [-0.4, -0.2) is 18.4 Å². The molecule has 5 heteroatoms. The highest BCUT2D eigenvalue weighted by molar-refractivity contribution is 5.90. The smallest absolute Gasteiger partial charge is 0.224 e. The van der Waals surface area contributed by atoms with Gasteiger partial charge in [0, 0.05) is 18.5 Å². The van der Waals surface area contributed by atoms with Crippen molar-refractivity contribution in [3.05, 3.63) is 59.2 Å². The van der Waals surface area contributed by atoms with Crippen molar-refractivity contribution in [1.29, 1.82) is 0 Å². The molecule has 0 radical (unpaired) electrons. The Morgan fingerprint density at radius 3 is 2.62 bits per heavy atom. The van der Waals surface area contributed by atoms with Crippen LogP contribution in [0.3, 0.4) is 0 Å². The first-order chi connectivity index (χ1) is 12.5. The molecule has 1 aliphatic heterocycles. The minimum absolute atomic E-state index is 0.0141. The predicted octanol–water partition coefficient (Wildman–Crippen LogP) is 3.39. The van der Waals surface area contributed by atoms with Crippen LogP contribution in [0.1, 0.15) is 43.0 Å². The molecule has 5 nitrogen and oxygen atoms in total. The maximum Gasteiger partial charge on any atom is 0.224 e. The molecule has 1 unspecified atom stereocenters. The molecule has 3 rings (SSSR count). The molecule has 2 aromatic carbocycles. The molecule has 1 atom stereocenters. The summed E-state index contributed by atoms with van der Waals surface area (Å²) in [7, 11) is 0. The zero-order valence-electron chi connectivity index (χ0n) is 15.2. The Morgan fingerprint density at radius 2 is 1.88 bits per heavy atom. The molecule has 2 aromatic rings. The third kappa shape index (κ3) is 4.42. The van der Waals surface area contributed by atoms with Crippen LogP contribution in [0, 0.1) is 0 Å². The third-order valence-corrected chi connectivity index (χ3v) is 4.51. The third-order valence-electron chi connectivity index (χ3n) is 4.51. The number of rotatable bonds is 6. The van der Waals surface area contributed by atoms with E-state index in [1.54, 1.807) is 0 Å². The highest BCUT2D eigenvalue weighted by atomic mass is 16.5. The van der Waals surface area contributed by atoms with E-state index >= 15 is 0 Å². The number of amides is 2. The van der Waals surface area contributed by atoms with Gasteiger partial charge in [0.15, 0.2) is 0 Å². The van der Waals surface area contributed by atoms with Gasteiger partial charge in [-0.25, -0.2) is 0 Å². The lowest BCUT2D eigenvalue weighted by atomic mass is 10.0. The SMILES string of the molecule is CCC(=O)Nc1ccc(C(C)NC(=O)Cc2ccc3c(c2)CCO3)cc1. The van der Waals surface area contributed by atoms with Gasteiger partial charge in [-0.3, -0.25) is 9.59 Å². The molecule has 0 aliphatic carbocycles. The van der Waals surface area contributed by atoms with Gasteiger partial charge in [0.25, 0.3) is 0 Å². The first-order valence-electron chi connectivity index (χ1n) is 8.99. The quantitative estimate of drug-likeness (QED) is 0.837. The normalized spacial score (nSPS) is 13.5. The number of hydrogen-bond acceptors (Lipinski definition) is 3. The summed E-state index contributed by atoms with van der Waals surface area (Å²) in [5, 5.41) is 5.84. The first-order valence-corrected chi connectivity index (χ1v) is 8.99. The largest absolute Gasteiger partial charge is 0.493 e. The molecule has 2 amide bonds. The van der Waals surface area contributed by atoms with Gasteiger partial charge < -0.3 is 15.4 Å². The fourth-order valence-electron chi connectivity index (χ4n) is 3.02. The maximum atomic E-state index is 12.3. The average Bonchev–Trinajstić information content (AvgIpc) is 3.09. The van der Waals surface area contributed by atoms with Crippen LogP contribution in [0.25, 0.3) is 0 Å². The van der Waals surface area contributed by atoms with Crippen molar-refractivity contribution in [2.75, 3.05) is 11.9 Å². The van der Waals surface area contributed by atoms with Gasteiger partial charge in [0.2, 0.25) is 11.8 Å². The summed E-state index contributed by atoms with van der Waals surface area (Å²) in [6.45, 7) is 4.49. The zero-order valence-corrected chi connectivity index (χ0v) is 15.2. The molecule has 0 fully saturated rings. The monoisotopic (exact) mass is 352 g/mol. The Morgan fingerprint density at radius 1 is 1.12 bits per heavy atom. The molecular formula is C21H24N2O3. The fourth-order valence-corrected chi connectivity index (χ4v) is 3.02. The summed E-state index contributed by atoms with van der Waals surface area (Å²) in [6, 6.07) is 13.4. The molecule has 26 heavy (non-hydrogen) atoms. The number of ether oxygens (including phenoxy) is 1. The molecule has 1 aliphatic rings. The molecule has 0 saturated carbocycles.